The normalized spacial score (nSPS) is 10.9. The van der Waals surface area contributed by atoms with E-state index < -0.39 is 0 Å². The van der Waals surface area contributed by atoms with Crippen molar-refractivity contribution in [3.05, 3.63) is 66.6 Å². The van der Waals surface area contributed by atoms with Crippen LogP contribution in [0.1, 0.15) is 12.1 Å². The molecule has 0 radical (unpaired) electrons. The van der Waals surface area contributed by atoms with Gasteiger partial charge in [-0.2, -0.15) is 0 Å². The molecule has 2 heterocycles. The third kappa shape index (κ3) is 3.06. The van der Waals surface area contributed by atoms with Gasteiger partial charge in [0.05, 0.1) is 18.4 Å². The number of hydrogen-bond acceptors (Lipinski definition) is 3. The van der Waals surface area contributed by atoms with Crippen molar-refractivity contribution < 1.29 is 5.11 Å². The molecular formula is C17H19N3O. The minimum atomic E-state index is 0.205. The van der Waals surface area contributed by atoms with Crippen LogP contribution in [0.3, 0.4) is 0 Å². The quantitative estimate of drug-likeness (QED) is 0.755. The molecule has 2 aromatic heterocycles. The van der Waals surface area contributed by atoms with Crippen molar-refractivity contribution in [3.8, 4) is 0 Å². The lowest BCUT2D eigenvalue weighted by atomic mass is 10.2. The summed E-state index contributed by atoms with van der Waals surface area (Å²) in [6.45, 7) is 1.80. The molecule has 0 spiro atoms. The van der Waals surface area contributed by atoms with Crippen LogP contribution >= 0.6 is 0 Å². The molecule has 0 aliphatic carbocycles. The average molecular weight is 281 g/mol. The lowest BCUT2D eigenvalue weighted by molar-refractivity contribution is 0.289. The van der Waals surface area contributed by atoms with E-state index in [1.807, 2.05) is 48.8 Å². The number of hydrogen-bond donors (Lipinski definition) is 1. The number of aliphatic hydroxyl groups is 1. The van der Waals surface area contributed by atoms with Crippen LogP contribution in [-0.2, 0) is 6.54 Å². The van der Waals surface area contributed by atoms with Gasteiger partial charge in [-0.3, -0.25) is 0 Å². The van der Waals surface area contributed by atoms with Gasteiger partial charge < -0.3 is 14.4 Å². The summed E-state index contributed by atoms with van der Waals surface area (Å²) in [7, 11) is 0. The maximum atomic E-state index is 9.12. The molecule has 0 saturated heterocycles. The van der Waals surface area contributed by atoms with Gasteiger partial charge in [0.1, 0.15) is 5.65 Å². The Morgan fingerprint density at radius 1 is 1.05 bits per heavy atom. The van der Waals surface area contributed by atoms with E-state index in [9.17, 15) is 0 Å². The molecule has 4 nitrogen and oxygen atoms in total. The second kappa shape index (κ2) is 6.41. The van der Waals surface area contributed by atoms with Crippen LogP contribution in [0.2, 0.25) is 0 Å². The fourth-order valence-corrected chi connectivity index (χ4v) is 2.50. The number of imidazole rings is 1. The number of anilines is 1. The summed E-state index contributed by atoms with van der Waals surface area (Å²) >= 11 is 0. The first kappa shape index (κ1) is 13.6. The highest BCUT2D eigenvalue weighted by molar-refractivity contribution is 5.47. The predicted molar refractivity (Wildman–Crippen MR) is 84.4 cm³/mol. The minimum Gasteiger partial charge on any atom is -0.396 e. The fourth-order valence-electron chi connectivity index (χ4n) is 2.50. The zero-order valence-corrected chi connectivity index (χ0v) is 11.9. The predicted octanol–water partition coefficient (Wildman–Crippen LogP) is 2.72. The monoisotopic (exact) mass is 281 g/mol. The maximum Gasteiger partial charge on any atom is 0.136 e. The number of aromatic nitrogens is 2. The number of benzene rings is 1. The van der Waals surface area contributed by atoms with Gasteiger partial charge in [0, 0.05) is 25.0 Å². The Morgan fingerprint density at radius 3 is 2.67 bits per heavy atom. The Kier molecular flexibility index (Phi) is 4.17. The molecule has 0 aliphatic heterocycles. The van der Waals surface area contributed by atoms with Gasteiger partial charge in [-0.25, -0.2) is 4.98 Å². The molecule has 21 heavy (non-hydrogen) atoms. The number of nitrogens with zero attached hydrogens (tertiary/aromatic N) is 3. The van der Waals surface area contributed by atoms with Gasteiger partial charge in [-0.1, -0.05) is 24.3 Å². The lowest BCUT2D eigenvalue weighted by Gasteiger charge is -2.24. The molecule has 0 bridgehead atoms. The number of fused-ring (bicyclic) bond motifs is 1. The number of pyridine rings is 1. The average Bonchev–Trinajstić information content (AvgIpc) is 2.95. The highest BCUT2D eigenvalue weighted by Crippen LogP contribution is 2.18. The van der Waals surface area contributed by atoms with Gasteiger partial charge in [0.15, 0.2) is 0 Å². The van der Waals surface area contributed by atoms with E-state index in [1.54, 1.807) is 0 Å². The number of aliphatic hydroxyl groups excluding tert-OH is 1. The largest absolute Gasteiger partial charge is 0.396 e. The molecule has 1 aromatic carbocycles. The van der Waals surface area contributed by atoms with Crippen LogP contribution in [0.4, 0.5) is 5.69 Å². The van der Waals surface area contributed by atoms with Gasteiger partial charge >= 0.3 is 0 Å². The van der Waals surface area contributed by atoms with Crippen molar-refractivity contribution in [2.24, 2.45) is 0 Å². The zero-order valence-electron chi connectivity index (χ0n) is 11.9. The zero-order chi connectivity index (χ0) is 14.5. The molecular weight excluding hydrogens is 262 g/mol. The lowest BCUT2D eigenvalue weighted by Crippen LogP contribution is -2.25. The summed E-state index contributed by atoms with van der Waals surface area (Å²) < 4.78 is 2.11. The molecule has 0 fully saturated rings. The topological polar surface area (TPSA) is 40.8 Å². The van der Waals surface area contributed by atoms with E-state index in [-0.39, 0.29) is 6.61 Å². The summed E-state index contributed by atoms with van der Waals surface area (Å²) in [5, 5.41) is 9.12. The molecule has 0 aliphatic rings. The van der Waals surface area contributed by atoms with Crippen LogP contribution in [0, 0.1) is 0 Å². The highest BCUT2D eigenvalue weighted by atomic mass is 16.3. The van der Waals surface area contributed by atoms with Crippen LogP contribution in [-0.4, -0.2) is 27.6 Å². The Hall–Kier alpha value is -2.33. The molecule has 3 aromatic rings. The SMILES string of the molecule is OCCCN(Cc1cnc2ccccn12)c1ccccc1. The molecule has 3 rings (SSSR count). The van der Waals surface area contributed by atoms with Gasteiger partial charge in [-0.15, -0.1) is 0 Å². The minimum absolute atomic E-state index is 0.205. The van der Waals surface area contributed by atoms with E-state index in [2.05, 4.69) is 26.4 Å². The summed E-state index contributed by atoms with van der Waals surface area (Å²) in [5.74, 6) is 0. The first-order valence-corrected chi connectivity index (χ1v) is 7.20. The van der Waals surface area contributed by atoms with E-state index in [4.69, 9.17) is 5.11 Å². The van der Waals surface area contributed by atoms with Crippen molar-refractivity contribution in [2.75, 3.05) is 18.1 Å². The van der Waals surface area contributed by atoms with Crippen molar-refractivity contribution in [2.45, 2.75) is 13.0 Å². The molecule has 108 valence electrons. The van der Waals surface area contributed by atoms with Crippen molar-refractivity contribution in [3.63, 3.8) is 0 Å². The second-order valence-corrected chi connectivity index (χ2v) is 5.01. The first-order chi connectivity index (χ1) is 10.4. The molecule has 0 atom stereocenters. The van der Waals surface area contributed by atoms with Gasteiger partial charge in [-0.05, 0) is 30.7 Å². The summed E-state index contributed by atoms with van der Waals surface area (Å²) in [6, 6.07) is 16.3. The smallest absolute Gasteiger partial charge is 0.136 e. The van der Waals surface area contributed by atoms with E-state index >= 15 is 0 Å². The standard InChI is InChI=1S/C17H19N3O/c21-12-6-10-19(15-7-2-1-3-8-15)14-16-13-18-17-9-4-5-11-20(16)17/h1-5,7-9,11,13,21H,6,10,12,14H2. The number of para-hydroxylation sites is 1. The Bertz CT molecular complexity index is 693. The number of rotatable bonds is 6. The van der Waals surface area contributed by atoms with Crippen molar-refractivity contribution >= 4 is 11.3 Å². The van der Waals surface area contributed by atoms with Crippen LogP contribution in [0.25, 0.3) is 5.65 Å². The molecule has 1 N–H and O–H groups in total. The fraction of sp³-hybridized carbons (Fsp3) is 0.235. The van der Waals surface area contributed by atoms with Crippen LogP contribution in [0.5, 0.6) is 0 Å². The molecule has 0 unspecified atom stereocenters. The first-order valence-electron chi connectivity index (χ1n) is 7.20. The van der Waals surface area contributed by atoms with E-state index in [0.717, 1.165) is 36.5 Å². The summed E-state index contributed by atoms with van der Waals surface area (Å²) in [5.41, 5.74) is 3.27. The summed E-state index contributed by atoms with van der Waals surface area (Å²) in [4.78, 5) is 6.70. The Morgan fingerprint density at radius 2 is 1.86 bits per heavy atom. The molecule has 4 heteroatoms. The Balaban J connectivity index is 1.87. The molecule has 0 amide bonds. The third-order valence-corrected chi connectivity index (χ3v) is 3.55. The maximum absolute atomic E-state index is 9.12. The summed E-state index contributed by atoms with van der Waals surface area (Å²) in [6.07, 6.45) is 4.71. The third-order valence-electron chi connectivity index (χ3n) is 3.55. The second-order valence-electron chi connectivity index (χ2n) is 5.01. The van der Waals surface area contributed by atoms with E-state index in [1.165, 1.54) is 0 Å². The van der Waals surface area contributed by atoms with Crippen LogP contribution in [0.15, 0.2) is 60.9 Å². The van der Waals surface area contributed by atoms with Crippen molar-refractivity contribution in [1.29, 1.82) is 0 Å². The van der Waals surface area contributed by atoms with Gasteiger partial charge in [0.25, 0.3) is 0 Å². The van der Waals surface area contributed by atoms with Crippen molar-refractivity contribution in [1.82, 2.24) is 9.38 Å². The van der Waals surface area contributed by atoms with Crippen LogP contribution < -0.4 is 4.90 Å². The Labute approximate surface area is 124 Å². The van der Waals surface area contributed by atoms with Gasteiger partial charge in [0.2, 0.25) is 0 Å². The van der Waals surface area contributed by atoms with E-state index in [0.29, 0.717) is 0 Å². The highest BCUT2D eigenvalue weighted by Gasteiger charge is 2.10. The molecule has 0 saturated carbocycles.